The van der Waals surface area contributed by atoms with Gasteiger partial charge in [-0.2, -0.15) is 0 Å². The summed E-state index contributed by atoms with van der Waals surface area (Å²) in [6.45, 7) is 0.349. The summed E-state index contributed by atoms with van der Waals surface area (Å²) in [4.78, 5) is 12.3. The van der Waals surface area contributed by atoms with Gasteiger partial charge in [-0.05, 0) is 53.6 Å². The second-order valence-corrected chi connectivity index (χ2v) is 9.57. The van der Waals surface area contributed by atoms with Crippen LogP contribution in [0.25, 0.3) is 11.1 Å². The fourth-order valence-electron chi connectivity index (χ4n) is 3.35. The first-order valence-corrected chi connectivity index (χ1v) is 12.3. The van der Waals surface area contributed by atoms with Crippen molar-refractivity contribution in [3.8, 4) is 11.1 Å². The maximum atomic E-state index is 13.1. The lowest BCUT2D eigenvalue weighted by molar-refractivity contribution is 0.251. The third kappa shape index (κ3) is 5.95. The number of nitrogens with one attached hydrogen (secondary N) is 3. The number of hydrogen-bond acceptors (Lipinski definition) is 3. The molecule has 0 bridgehead atoms. The number of amides is 2. The molecule has 3 N–H and O–H groups in total. The Labute approximate surface area is 203 Å². The molecule has 0 unspecified atom stereocenters. The number of sulfonamides is 1. The summed E-state index contributed by atoms with van der Waals surface area (Å²) in [6, 6.07) is 29.4. The van der Waals surface area contributed by atoms with Gasteiger partial charge in [0.25, 0.3) is 10.0 Å². The van der Waals surface area contributed by atoms with Gasteiger partial charge in [0.05, 0.1) is 4.90 Å². The summed E-state index contributed by atoms with van der Waals surface area (Å²) in [7, 11) is -3.83. The standard InChI is InChI=1S/C26H22ClN3O3S/c27-21-12-10-19(11-13-21)18-28-26(31)29-22-14-16-23(17-15-22)30-34(32,33)25-9-5-4-8-24(25)20-6-2-1-3-7-20/h1-17,30H,18H2,(H2,28,29,31). The molecule has 6 nitrogen and oxygen atoms in total. The molecule has 0 aliphatic rings. The molecule has 4 rings (SSSR count). The third-order valence-electron chi connectivity index (χ3n) is 5.02. The van der Waals surface area contributed by atoms with Crippen LogP contribution in [0.3, 0.4) is 0 Å². The number of anilines is 2. The Balaban J connectivity index is 1.41. The highest BCUT2D eigenvalue weighted by molar-refractivity contribution is 7.92. The Hall–Kier alpha value is -3.81. The van der Waals surface area contributed by atoms with Crippen LogP contribution in [0.1, 0.15) is 5.56 Å². The zero-order valence-electron chi connectivity index (χ0n) is 18.0. The van der Waals surface area contributed by atoms with Gasteiger partial charge in [0.15, 0.2) is 0 Å². The number of halogens is 1. The molecule has 8 heteroatoms. The van der Waals surface area contributed by atoms with Crippen LogP contribution < -0.4 is 15.4 Å². The Bertz CT molecular complexity index is 1380. The highest BCUT2D eigenvalue weighted by Crippen LogP contribution is 2.28. The minimum Gasteiger partial charge on any atom is -0.334 e. The van der Waals surface area contributed by atoms with E-state index in [2.05, 4.69) is 15.4 Å². The summed E-state index contributed by atoms with van der Waals surface area (Å²) in [5.74, 6) is 0. The van der Waals surface area contributed by atoms with Crippen molar-refractivity contribution in [3.63, 3.8) is 0 Å². The summed E-state index contributed by atoms with van der Waals surface area (Å²) < 4.78 is 28.8. The molecule has 0 heterocycles. The summed E-state index contributed by atoms with van der Waals surface area (Å²) >= 11 is 5.86. The SMILES string of the molecule is O=C(NCc1ccc(Cl)cc1)Nc1ccc(NS(=O)(=O)c2ccccc2-c2ccccc2)cc1. The molecule has 0 fully saturated rings. The van der Waals surface area contributed by atoms with Gasteiger partial charge in [0.2, 0.25) is 0 Å². The van der Waals surface area contributed by atoms with Crippen LogP contribution >= 0.6 is 11.6 Å². The molecule has 0 saturated heterocycles. The van der Waals surface area contributed by atoms with Gasteiger partial charge in [0.1, 0.15) is 0 Å². The van der Waals surface area contributed by atoms with Gasteiger partial charge in [-0.15, -0.1) is 0 Å². The Morgan fingerprint density at radius 2 is 1.35 bits per heavy atom. The fraction of sp³-hybridized carbons (Fsp3) is 0.0385. The molecule has 0 aromatic heterocycles. The normalized spacial score (nSPS) is 11.0. The van der Waals surface area contributed by atoms with Gasteiger partial charge < -0.3 is 10.6 Å². The molecule has 0 spiro atoms. The van der Waals surface area contributed by atoms with Crippen LogP contribution in [0.2, 0.25) is 5.02 Å². The molecule has 4 aromatic carbocycles. The monoisotopic (exact) mass is 491 g/mol. The van der Waals surface area contributed by atoms with Crippen molar-refractivity contribution in [3.05, 3.63) is 114 Å². The number of urea groups is 1. The molecule has 0 atom stereocenters. The van der Waals surface area contributed by atoms with E-state index in [0.29, 0.717) is 28.5 Å². The molecule has 0 aliphatic carbocycles. The average molecular weight is 492 g/mol. The summed E-state index contributed by atoms with van der Waals surface area (Å²) in [5.41, 5.74) is 3.26. The van der Waals surface area contributed by atoms with E-state index in [0.717, 1.165) is 11.1 Å². The van der Waals surface area contributed by atoms with Gasteiger partial charge >= 0.3 is 6.03 Å². The van der Waals surface area contributed by atoms with E-state index in [-0.39, 0.29) is 10.9 Å². The maximum absolute atomic E-state index is 13.1. The van der Waals surface area contributed by atoms with Crippen molar-refractivity contribution in [2.24, 2.45) is 0 Å². The predicted molar refractivity (Wildman–Crippen MR) is 136 cm³/mol. The first-order chi connectivity index (χ1) is 16.4. The topological polar surface area (TPSA) is 87.3 Å². The van der Waals surface area contributed by atoms with E-state index in [1.165, 1.54) is 0 Å². The average Bonchev–Trinajstić information content (AvgIpc) is 2.85. The number of carbonyl (C=O) groups is 1. The van der Waals surface area contributed by atoms with Crippen LogP contribution in [0.4, 0.5) is 16.2 Å². The van der Waals surface area contributed by atoms with Gasteiger partial charge in [-0.3, -0.25) is 4.72 Å². The van der Waals surface area contributed by atoms with Crippen LogP contribution in [-0.2, 0) is 16.6 Å². The fourth-order valence-corrected chi connectivity index (χ4v) is 4.76. The van der Waals surface area contributed by atoms with Crippen molar-refractivity contribution in [1.82, 2.24) is 5.32 Å². The zero-order valence-corrected chi connectivity index (χ0v) is 19.6. The van der Waals surface area contributed by atoms with Gasteiger partial charge in [0, 0.05) is 28.5 Å². The Kier molecular flexibility index (Phi) is 7.15. The Morgan fingerprint density at radius 1 is 0.735 bits per heavy atom. The van der Waals surface area contributed by atoms with E-state index < -0.39 is 10.0 Å². The first-order valence-electron chi connectivity index (χ1n) is 10.5. The maximum Gasteiger partial charge on any atom is 0.319 e. The minimum absolute atomic E-state index is 0.185. The number of rotatable bonds is 7. The second-order valence-electron chi connectivity index (χ2n) is 7.48. The molecular weight excluding hydrogens is 470 g/mol. The van der Waals surface area contributed by atoms with Crippen LogP contribution in [0.15, 0.2) is 108 Å². The van der Waals surface area contributed by atoms with E-state index in [9.17, 15) is 13.2 Å². The molecule has 0 saturated carbocycles. The van der Waals surface area contributed by atoms with E-state index in [1.807, 2.05) is 42.5 Å². The highest BCUT2D eigenvalue weighted by Gasteiger charge is 2.19. The lowest BCUT2D eigenvalue weighted by Crippen LogP contribution is -2.28. The van der Waals surface area contributed by atoms with Crippen molar-refractivity contribution in [2.75, 3.05) is 10.0 Å². The molecule has 172 valence electrons. The molecule has 34 heavy (non-hydrogen) atoms. The van der Waals surface area contributed by atoms with Gasteiger partial charge in [-0.1, -0.05) is 72.3 Å². The number of benzene rings is 4. The van der Waals surface area contributed by atoms with Crippen LogP contribution in [-0.4, -0.2) is 14.4 Å². The second kappa shape index (κ2) is 10.4. The molecule has 4 aromatic rings. The number of hydrogen-bond donors (Lipinski definition) is 3. The molecule has 0 radical (unpaired) electrons. The minimum atomic E-state index is -3.83. The molecule has 0 aliphatic heterocycles. The lowest BCUT2D eigenvalue weighted by Gasteiger charge is -2.13. The smallest absolute Gasteiger partial charge is 0.319 e. The zero-order chi connectivity index (χ0) is 24.0. The largest absolute Gasteiger partial charge is 0.334 e. The van der Waals surface area contributed by atoms with Crippen molar-refractivity contribution < 1.29 is 13.2 Å². The third-order valence-corrected chi connectivity index (χ3v) is 6.71. The highest BCUT2D eigenvalue weighted by atomic mass is 35.5. The predicted octanol–water partition coefficient (Wildman–Crippen LogP) is 6.13. The summed E-state index contributed by atoms with van der Waals surface area (Å²) in [5, 5.41) is 6.11. The quantitative estimate of drug-likeness (QED) is 0.290. The summed E-state index contributed by atoms with van der Waals surface area (Å²) in [6.07, 6.45) is 0. The lowest BCUT2D eigenvalue weighted by atomic mass is 10.1. The first kappa shape index (κ1) is 23.4. The van der Waals surface area contributed by atoms with Gasteiger partial charge in [-0.25, -0.2) is 13.2 Å². The van der Waals surface area contributed by atoms with E-state index in [1.54, 1.807) is 60.7 Å². The molecular formula is C26H22ClN3O3S. The van der Waals surface area contributed by atoms with E-state index in [4.69, 9.17) is 11.6 Å². The van der Waals surface area contributed by atoms with Crippen molar-refractivity contribution in [2.45, 2.75) is 11.4 Å². The van der Waals surface area contributed by atoms with Crippen molar-refractivity contribution >= 4 is 39.0 Å². The van der Waals surface area contributed by atoms with Crippen molar-refractivity contribution in [1.29, 1.82) is 0 Å². The Morgan fingerprint density at radius 3 is 2.06 bits per heavy atom. The van der Waals surface area contributed by atoms with Crippen LogP contribution in [0.5, 0.6) is 0 Å². The van der Waals surface area contributed by atoms with Crippen LogP contribution in [0, 0.1) is 0 Å². The molecule has 2 amide bonds. The number of carbonyl (C=O) groups excluding carboxylic acids is 1. The van der Waals surface area contributed by atoms with E-state index >= 15 is 0 Å².